The molecule has 0 saturated carbocycles. The largest absolute Gasteiger partial charge is 0.360 e. The number of carbonyl (C=O) groups is 1. The number of nitrogens with zero attached hydrogens (tertiary/aromatic N) is 4. The quantitative estimate of drug-likeness (QED) is 0.663. The highest BCUT2D eigenvalue weighted by Gasteiger charge is 2.36. The van der Waals surface area contributed by atoms with Crippen LogP contribution in [0.3, 0.4) is 0 Å². The minimum atomic E-state index is -3.69. The number of carbonyl (C=O) groups excluding carboxylic acids is 1. The number of aryl methyl sites for hydroxylation is 2. The minimum Gasteiger partial charge on any atom is -0.360 e. The first kappa shape index (κ1) is 22.3. The predicted molar refractivity (Wildman–Crippen MR) is 114 cm³/mol. The van der Waals surface area contributed by atoms with Crippen LogP contribution in [0.5, 0.6) is 0 Å². The van der Waals surface area contributed by atoms with Crippen LogP contribution in [0, 0.1) is 19.7 Å². The molecule has 2 fully saturated rings. The Labute approximate surface area is 185 Å². The molecular formula is C20H25FN4O4S2. The molecule has 0 radical (unpaired) electrons. The molecule has 1 atom stereocenters. The molecule has 2 aliphatic heterocycles. The Hall–Kier alpha value is -1.95. The van der Waals surface area contributed by atoms with Crippen molar-refractivity contribution in [3.05, 3.63) is 47.1 Å². The molecule has 1 aromatic carbocycles. The fraction of sp³-hybridized carbons (Fsp3) is 0.500. The maximum Gasteiger partial charge on any atom is 0.248 e. The molecule has 31 heavy (non-hydrogen) atoms. The number of sulfonamides is 1. The van der Waals surface area contributed by atoms with E-state index in [1.54, 1.807) is 48.7 Å². The molecule has 1 amide bonds. The van der Waals surface area contributed by atoms with Crippen molar-refractivity contribution in [1.29, 1.82) is 0 Å². The van der Waals surface area contributed by atoms with Crippen molar-refractivity contribution in [2.24, 2.45) is 0 Å². The zero-order valence-electron chi connectivity index (χ0n) is 17.5. The third kappa shape index (κ3) is 4.36. The summed E-state index contributed by atoms with van der Waals surface area (Å²) in [6.45, 7) is 5.41. The Morgan fingerprint density at radius 3 is 2.55 bits per heavy atom. The van der Waals surface area contributed by atoms with Gasteiger partial charge in [0.15, 0.2) is 5.76 Å². The van der Waals surface area contributed by atoms with Crippen LogP contribution in [0.15, 0.2) is 33.7 Å². The Kier molecular flexibility index (Phi) is 6.38. The molecule has 0 unspecified atom stereocenters. The van der Waals surface area contributed by atoms with E-state index in [1.165, 1.54) is 10.4 Å². The summed E-state index contributed by atoms with van der Waals surface area (Å²) in [4.78, 5) is 16.7. The summed E-state index contributed by atoms with van der Waals surface area (Å²) < 4.78 is 46.6. The molecule has 0 bridgehead atoms. The predicted octanol–water partition coefficient (Wildman–Crippen LogP) is 2.01. The van der Waals surface area contributed by atoms with E-state index in [-0.39, 0.29) is 47.4 Å². The molecule has 4 rings (SSSR count). The lowest BCUT2D eigenvalue weighted by atomic mass is 10.2. The fourth-order valence-corrected chi connectivity index (χ4v) is 7.05. The van der Waals surface area contributed by atoms with Crippen molar-refractivity contribution >= 4 is 27.7 Å². The number of aromatic nitrogens is 1. The van der Waals surface area contributed by atoms with Gasteiger partial charge in [-0.05, 0) is 19.9 Å². The van der Waals surface area contributed by atoms with Crippen molar-refractivity contribution in [2.45, 2.75) is 24.1 Å². The number of amides is 1. The Bertz CT molecular complexity index is 1050. The average molecular weight is 469 g/mol. The number of halogens is 1. The summed E-state index contributed by atoms with van der Waals surface area (Å²) in [7, 11) is -3.69. The van der Waals surface area contributed by atoms with Crippen molar-refractivity contribution in [2.75, 3.05) is 45.0 Å². The Morgan fingerprint density at radius 2 is 1.90 bits per heavy atom. The summed E-state index contributed by atoms with van der Waals surface area (Å²) in [6, 6.07) is 6.55. The summed E-state index contributed by atoms with van der Waals surface area (Å²) in [5, 5.41) is 3.42. The van der Waals surface area contributed by atoms with Crippen molar-refractivity contribution in [3.8, 4) is 0 Å². The number of rotatable bonds is 5. The van der Waals surface area contributed by atoms with Gasteiger partial charge in [-0.3, -0.25) is 9.69 Å². The van der Waals surface area contributed by atoms with Crippen molar-refractivity contribution in [1.82, 2.24) is 19.3 Å². The number of piperazine rings is 1. The normalized spacial score (nSPS) is 21.0. The van der Waals surface area contributed by atoms with E-state index in [4.69, 9.17) is 4.52 Å². The standard InChI is InChI=1S/C20H25FN4O4S2/c1-14-19(15(2)29-22-14)31(27,28)24-9-7-23(8-10-24)13-18(26)25-11-12-30-20(25)16-5-3-4-6-17(16)21/h3-6,20H,7-13H2,1-2H3/t20-/m1/s1. The highest BCUT2D eigenvalue weighted by atomic mass is 32.2. The van der Waals surface area contributed by atoms with Gasteiger partial charge < -0.3 is 9.42 Å². The number of thioether (sulfide) groups is 1. The molecule has 2 saturated heterocycles. The summed E-state index contributed by atoms with van der Waals surface area (Å²) in [6.07, 6.45) is 0. The number of hydrogen-bond donors (Lipinski definition) is 0. The SMILES string of the molecule is Cc1noc(C)c1S(=O)(=O)N1CCN(CC(=O)N2CCS[C@@H]2c2ccccc2F)CC1. The molecule has 0 spiro atoms. The summed E-state index contributed by atoms with van der Waals surface area (Å²) >= 11 is 1.56. The fourth-order valence-electron chi connectivity index (χ4n) is 4.04. The lowest BCUT2D eigenvalue weighted by Gasteiger charge is -2.34. The maximum atomic E-state index is 14.2. The number of benzene rings is 1. The van der Waals surface area contributed by atoms with Gasteiger partial charge in [0.25, 0.3) is 0 Å². The summed E-state index contributed by atoms with van der Waals surface area (Å²) in [5.41, 5.74) is 0.870. The minimum absolute atomic E-state index is 0.0692. The van der Waals surface area contributed by atoms with Gasteiger partial charge in [-0.15, -0.1) is 11.8 Å². The van der Waals surface area contributed by atoms with E-state index in [0.29, 0.717) is 30.9 Å². The molecule has 2 aliphatic rings. The van der Waals surface area contributed by atoms with Gasteiger partial charge in [-0.1, -0.05) is 23.4 Å². The smallest absolute Gasteiger partial charge is 0.248 e. The maximum absolute atomic E-state index is 14.2. The third-order valence-electron chi connectivity index (χ3n) is 5.64. The van der Waals surface area contributed by atoms with Gasteiger partial charge in [0.05, 0.1) is 6.54 Å². The molecule has 0 aliphatic carbocycles. The average Bonchev–Trinajstić information content (AvgIpc) is 3.35. The van der Waals surface area contributed by atoms with Crippen molar-refractivity contribution in [3.63, 3.8) is 0 Å². The van der Waals surface area contributed by atoms with Crippen LogP contribution in [0.25, 0.3) is 0 Å². The van der Waals surface area contributed by atoms with Gasteiger partial charge in [0.1, 0.15) is 21.8 Å². The van der Waals surface area contributed by atoms with Crippen LogP contribution in [-0.4, -0.2) is 78.6 Å². The first-order valence-corrected chi connectivity index (χ1v) is 12.6. The molecule has 11 heteroatoms. The highest BCUT2D eigenvalue weighted by Crippen LogP contribution is 2.39. The molecule has 0 N–H and O–H groups in total. The molecule has 2 aromatic rings. The lowest BCUT2D eigenvalue weighted by molar-refractivity contribution is -0.132. The molecule has 168 valence electrons. The van der Waals surface area contributed by atoms with Gasteiger partial charge in [0, 0.05) is 44.0 Å². The van der Waals surface area contributed by atoms with Crippen LogP contribution in [0.2, 0.25) is 0 Å². The zero-order chi connectivity index (χ0) is 22.2. The Morgan fingerprint density at radius 1 is 1.19 bits per heavy atom. The van der Waals surface area contributed by atoms with E-state index in [9.17, 15) is 17.6 Å². The zero-order valence-corrected chi connectivity index (χ0v) is 19.1. The monoisotopic (exact) mass is 468 g/mol. The van der Waals surface area contributed by atoms with Gasteiger partial charge in [0.2, 0.25) is 15.9 Å². The van der Waals surface area contributed by atoms with Gasteiger partial charge >= 0.3 is 0 Å². The van der Waals surface area contributed by atoms with Crippen LogP contribution in [0.4, 0.5) is 4.39 Å². The van der Waals surface area contributed by atoms with E-state index < -0.39 is 10.0 Å². The molecular weight excluding hydrogens is 443 g/mol. The first-order chi connectivity index (χ1) is 14.8. The second-order valence-corrected chi connectivity index (χ2v) is 10.7. The van der Waals surface area contributed by atoms with Crippen LogP contribution in [-0.2, 0) is 14.8 Å². The first-order valence-electron chi connectivity index (χ1n) is 10.1. The second kappa shape index (κ2) is 8.89. The van der Waals surface area contributed by atoms with Gasteiger partial charge in [-0.25, -0.2) is 12.8 Å². The molecule has 3 heterocycles. The van der Waals surface area contributed by atoms with Gasteiger partial charge in [-0.2, -0.15) is 4.31 Å². The van der Waals surface area contributed by atoms with Crippen LogP contribution < -0.4 is 0 Å². The Balaban J connectivity index is 1.38. The molecule has 8 nitrogen and oxygen atoms in total. The van der Waals surface area contributed by atoms with E-state index in [2.05, 4.69) is 5.16 Å². The molecule has 1 aromatic heterocycles. The highest BCUT2D eigenvalue weighted by molar-refractivity contribution is 7.99. The summed E-state index contributed by atoms with van der Waals surface area (Å²) in [5.74, 6) is 0.660. The van der Waals surface area contributed by atoms with E-state index in [1.807, 2.05) is 4.90 Å². The van der Waals surface area contributed by atoms with Crippen LogP contribution in [0.1, 0.15) is 22.4 Å². The van der Waals surface area contributed by atoms with E-state index >= 15 is 0 Å². The third-order valence-corrected chi connectivity index (χ3v) is 9.02. The topological polar surface area (TPSA) is 87.0 Å². The lowest BCUT2D eigenvalue weighted by Crippen LogP contribution is -2.51. The second-order valence-electron chi connectivity index (χ2n) is 7.67. The van der Waals surface area contributed by atoms with Crippen molar-refractivity contribution < 1.29 is 22.1 Å². The van der Waals surface area contributed by atoms with Crippen LogP contribution >= 0.6 is 11.8 Å². The van der Waals surface area contributed by atoms with E-state index in [0.717, 1.165) is 5.75 Å². The number of hydrogen-bond acceptors (Lipinski definition) is 7.